The molecule has 3 rings (SSSR count). The maximum absolute atomic E-state index is 13.5. The smallest absolute Gasteiger partial charge is 0.194 e. The first-order valence-electron chi connectivity index (χ1n) is 11.2. The highest BCUT2D eigenvalue weighted by Gasteiger charge is 2.31. The van der Waals surface area contributed by atoms with E-state index in [2.05, 4.69) is 6.92 Å². The van der Waals surface area contributed by atoms with Gasteiger partial charge in [-0.2, -0.15) is 0 Å². The normalized spacial score (nSPS) is 29.0. The SMILES string of the molecule is CCCCCCC1CCC(C2CCC(c3cc(F)c(F)c(F)c3)CC2)CC1. The van der Waals surface area contributed by atoms with Gasteiger partial charge in [0.15, 0.2) is 17.5 Å². The standard InChI is InChI=1S/C24H35F3/c1-2-3-4-5-6-17-7-9-18(10-8-17)19-11-13-20(14-12-19)21-15-22(25)24(27)23(26)16-21/h15-20H,2-14H2,1H3. The lowest BCUT2D eigenvalue weighted by Gasteiger charge is -2.38. The molecule has 0 aromatic heterocycles. The van der Waals surface area contributed by atoms with Crippen LogP contribution >= 0.6 is 0 Å². The summed E-state index contributed by atoms with van der Waals surface area (Å²) in [6, 6.07) is 2.40. The lowest BCUT2D eigenvalue weighted by Crippen LogP contribution is -2.25. The van der Waals surface area contributed by atoms with Crippen LogP contribution in [0, 0.1) is 35.2 Å². The van der Waals surface area contributed by atoms with E-state index in [0.717, 1.165) is 43.4 Å². The zero-order valence-corrected chi connectivity index (χ0v) is 16.8. The number of unbranched alkanes of at least 4 members (excludes halogenated alkanes) is 3. The van der Waals surface area contributed by atoms with Crippen LogP contribution in [-0.4, -0.2) is 0 Å². The third kappa shape index (κ3) is 5.51. The highest BCUT2D eigenvalue weighted by Crippen LogP contribution is 2.44. The summed E-state index contributed by atoms with van der Waals surface area (Å²) in [5.74, 6) is -0.704. The van der Waals surface area contributed by atoms with E-state index >= 15 is 0 Å². The van der Waals surface area contributed by atoms with Gasteiger partial charge in [-0.15, -0.1) is 0 Å². The summed E-state index contributed by atoms with van der Waals surface area (Å²) in [5.41, 5.74) is 0.639. The molecule has 0 aliphatic heterocycles. The molecular formula is C24H35F3. The molecule has 0 N–H and O–H groups in total. The molecule has 0 spiro atoms. The Bertz CT molecular complexity index is 558. The van der Waals surface area contributed by atoms with Gasteiger partial charge in [0.2, 0.25) is 0 Å². The van der Waals surface area contributed by atoms with Crippen molar-refractivity contribution >= 4 is 0 Å². The predicted octanol–water partition coefficient (Wildman–Crippen LogP) is 8.15. The molecule has 2 aliphatic rings. The lowest BCUT2D eigenvalue weighted by molar-refractivity contribution is 0.155. The zero-order valence-electron chi connectivity index (χ0n) is 16.8. The Kier molecular flexibility index (Phi) is 7.66. The Hall–Kier alpha value is -0.990. The summed E-state index contributed by atoms with van der Waals surface area (Å²) < 4.78 is 40.2. The molecule has 0 radical (unpaired) electrons. The van der Waals surface area contributed by atoms with E-state index in [4.69, 9.17) is 0 Å². The fraction of sp³-hybridized carbons (Fsp3) is 0.750. The van der Waals surface area contributed by atoms with E-state index in [1.165, 1.54) is 69.9 Å². The largest absolute Gasteiger partial charge is 0.204 e. The van der Waals surface area contributed by atoms with E-state index in [-0.39, 0.29) is 5.92 Å². The molecule has 0 bridgehead atoms. The van der Waals surface area contributed by atoms with Crippen LogP contribution < -0.4 is 0 Å². The van der Waals surface area contributed by atoms with Crippen molar-refractivity contribution in [3.05, 3.63) is 35.1 Å². The van der Waals surface area contributed by atoms with Gasteiger partial charge in [-0.3, -0.25) is 0 Å². The Morgan fingerprint density at radius 2 is 1.30 bits per heavy atom. The second-order valence-corrected chi connectivity index (χ2v) is 9.04. The molecule has 0 saturated heterocycles. The molecule has 0 atom stereocenters. The third-order valence-corrected chi connectivity index (χ3v) is 7.27. The fourth-order valence-electron chi connectivity index (χ4n) is 5.54. The first-order valence-corrected chi connectivity index (χ1v) is 11.2. The molecule has 0 nitrogen and oxygen atoms in total. The van der Waals surface area contributed by atoms with Crippen molar-refractivity contribution in [2.24, 2.45) is 17.8 Å². The van der Waals surface area contributed by atoms with Crippen molar-refractivity contribution < 1.29 is 13.2 Å². The van der Waals surface area contributed by atoms with E-state index in [9.17, 15) is 13.2 Å². The van der Waals surface area contributed by atoms with Gasteiger partial charge in [0, 0.05) is 0 Å². The molecular weight excluding hydrogens is 345 g/mol. The van der Waals surface area contributed by atoms with Gasteiger partial charge in [-0.25, -0.2) is 13.2 Å². The zero-order chi connectivity index (χ0) is 19.2. The summed E-state index contributed by atoms with van der Waals surface area (Å²) in [4.78, 5) is 0. The Morgan fingerprint density at radius 3 is 1.85 bits per heavy atom. The Balaban J connectivity index is 1.42. The van der Waals surface area contributed by atoms with Crippen molar-refractivity contribution in [1.82, 2.24) is 0 Å². The lowest BCUT2D eigenvalue weighted by atomic mass is 9.68. The van der Waals surface area contributed by atoms with Gasteiger partial charge in [0.1, 0.15) is 0 Å². The van der Waals surface area contributed by atoms with Crippen molar-refractivity contribution in [1.29, 1.82) is 0 Å². The third-order valence-electron chi connectivity index (χ3n) is 7.27. The molecule has 3 heteroatoms. The van der Waals surface area contributed by atoms with Crippen LogP contribution in [0.2, 0.25) is 0 Å². The number of benzene rings is 1. The second-order valence-electron chi connectivity index (χ2n) is 9.04. The molecule has 27 heavy (non-hydrogen) atoms. The van der Waals surface area contributed by atoms with Gasteiger partial charge >= 0.3 is 0 Å². The minimum absolute atomic E-state index is 0.181. The van der Waals surface area contributed by atoms with Gasteiger partial charge < -0.3 is 0 Å². The maximum Gasteiger partial charge on any atom is 0.194 e. The first kappa shape index (κ1) is 20.7. The molecule has 152 valence electrons. The fourth-order valence-corrected chi connectivity index (χ4v) is 5.54. The summed E-state index contributed by atoms with van der Waals surface area (Å²) in [6.07, 6.45) is 16.7. The molecule has 1 aromatic carbocycles. The Labute approximate surface area is 162 Å². The predicted molar refractivity (Wildman–Crippen MR) is 105 cm³/mol. The highest BCUT2D eigenvalue weighted by atomic mass is 19.2. The van der Waals surface area contributed by atoms with E-state index < -0.39 is 17.5 Å². The first-order chi connectivity index (χ1) is 13.1. The van der Waals surface area contributed by atoms with Crippen LogP contribution in [0.4, 0.5) is 13.2 Å². The summed E-state index contributed by atoms with van der Waals surface area (Å²) in [7, 11) is 0. The van der Waals surface area contributed by atoms with Gasteiger partial charge in [0.05, 0.1) is 0 Å². The van der Waals surface area contributed by atoms with Gasteiger partial charge in [-0.1, -0.05) is 51.9 Å². The quantitative estimate of drug-likeness (QED) is 0.331. The van der Waals surface area contributed by atoms with Crippen molar-refractivity contribution in [2.45, 2.75) is 96.3 Å². The monoisotopic (exact) mass is 380 g/mol. The van der Waals surface area contributed by atoms with E-state index in [0.29, 0.717) is 5.56 Å². The molecule has 0 heterocycles. The minimum Gasteiger partial charge on any atom is -0.204 e. The van der Waals surface area contributed by atoms with E-state index in [1.54, 1.807) is 0 Å². The average Bonchev–Trinajstić information content (AvgIpc) is 2.70. The second kappa shape index (κ2) is 9.98. The Morgan fingerprint density at radius 1 is 0.741 bits per heavy atom. The molecule has 2 saturated carbocycles. The highest BCUT2D eigenvalue weighted by molar-refractivity contribution is 5.23. The van der Waals surface area contributed by atoms with Crippen molar-refractivity contribution in [3.8, 4) is 0 Å². The van der Waals surface area contributed by atoms with Crippen LogP contribution in [0.5, 0.6) is 0 Å². The van der Waals surface area contributed by atoms with Crippen LogP contribution in [0.25, 0.3) is 0 Å². The van der Waals surface area contributed by atoms with Crippen molar-refractivity contribution in [2.75, 3.05) is 0 Å². The topological polar surface area (TPSA) is 0 Å². The molecule has 1 aromatic rings. The molecule has 2 aliphatic carbocycles. The molecule has 0 amide bonds. The van der Waals surface area contributed by atoms with Crippen LogP contribution in [0.1, 0.15) is 102 Å². The van der Waals surface area contributed by atoms with Crippen LogP contribution in [0.15, 0.2) is 12.1 Å². The number of halogens is 3. The summed E-state index contributed by atoms with van der Waals surface area (Å²) >= 11 is 0. The van der Waals surface area contributed by atoms with E-state index in [1.807, 2.05) is 0 Å². The number of hydrogen-bond donors (Lipinski definition) is 0. The van der Waals surface area contributed by atoms with Crippen LogP contribution in [0.3, 0.4) is 0 Å². The minimum atomic E-state index is -1.35. The molecule has 0 unspecified atom stereocenters. The van der Waals surface area contributed by atoms with Gasteiger partial charge in [0.25, 0.3) is 0 Å². The van der Waals surface area contributed by atoms with Gasteiger partial charge in [-0.05, 0) is 79.9 Å². The maximum atomic E-state index is 13.5. The van der Waals surface area contributed by atoms with Crippen molar-refractivity contribution in [3.63, 3.8) is 0 Å². The number of hydrogen-bond acceptors (Lipinski definition) is 0. The summed E-state index contributed by atoms with van der Waals surface area (Å²) in [5, 5.41) is 0. The average molecular weight is 381 g/mol. The molecule has 2 fully saturated rings. The van der Waals surface area contributed by atoms with Crippen LogP contribution in [-0.2, 0) is 0 Å². The number of rotatable bonds is 7. The summed E-state index contributed by atoms with van der Waals surface area (Å²) in [6.45, 7) is 2.27.